The van der Waals surface area contributed by atoms with E-state index in [1.165, 1.54) is 11.1 Å². The lowest BCUT2D eigenvalue weighted by Gasteiger charge is -2.40. The minimum Gasteiger partial charge on any atom is -0.340 e. The van der Waals surface area contributed by atoms with Crippen LogP contribution in [-0.4, -0.2) is 41.9 Å². The van der Waals surface area contributed by atoms with Crippen LogP contribution in [-0.2, 0) is 11.2 Å². The summed E-state index contributed by atoms with van der Waals surface area (Å²) in [5.74, 6) is 0.293. The highest BCUT2D eigenvalue weighted by molar-refractivity contribution is 5.76. The summed E-state index contributed by atoms with van der Waals surface area (Å²) in [5, 5.41) is 0. The number of hydrogen-bond donors (Lipinski definition) is 0. The van der Waals surface area contributed by atoms with Gasteiger partial charge in [-0.15, -0.1) is 0 Å². The summed E-state index contributed by atoms with van der Waals surface area (Å²) in [6.45, 7) is 9.91. The van der Waals surface area contributed by atoms with E-state index in [-0.39, 0.29) is 5.41 Å². The van der Waals surface area contributed by atoms with E-state index in [0.29, 0.717) is 18.4 Å². The predicted octanol–water partition coefficient (Wildman–Crippen LogP) is 4.55. The van der Waals surface area contributed by atoms with Gasteiger partial charge in [-0.05, 0) is 23.0 Å². The number of nitrogens with zero attached hydrogens (tertiary/aromatic N) is 2. The van der Waals surface area contributed by atoms with Crippen molar-refractivity contribution in [2.45, 2.75) is 39.7 Å². The minimum absolute atomic E-state index is 0.0497. The van der Waals surface area contributed by atoms with Gasteiger partial charge in [0.2, 0.25) is 5.91 Å². The molecule has 0 radical (unpaired) electrons. The molecule has 144 valence electrons. The fraction of sp³-hybridized carbons (Fsp3) is 0.458. The summed E-state index contributed by atoms with van der Waals surface area (Å²) in [5.41, 5.74) is 2.77. The molecule has 0 bridgehead atoms. The Labute approximate surface area is 164 Å². The molecule has 0 N–H and O–H groups in total. The van der Waals surface area contributed by atoms with E-state index in [2.05, 4.69) is 86.3 Å². The second-order valence-corrected chi connectivity index (χ2v) is 8.77. The molecular formula is C24H32N2O. The Morgan fingerprint density at radius 2 is 1.44 bits per heavy atom. The highest BCUT2D eigenvalue weighted by Crippen LogP contribution is 2.27. The van der Waals surface area contributed by atoms with Crippen molar-refractivity contribution in [2.24, 2.45) is 5.41 Å². The van der Waals surface area contributed by atoms with Gasteiger partial charge in [0, 0.05) is 38.6 Å². The molecule has 1 fully saturated rings. The van der Waals surface area contributed by atoms with Crippen molar-refractivity contribution < 1.29 is 4.79 Å². The van der Waals surface area contributed by atoms with Crippen LogP contribution in [0.2, 0.25) is 0 Å². The van der Waals surface area contributed by atoms with Crippen LogP contribution in [0.4, 0.5) is 0 Å². The van der Waals surface area contributed by atoms with E-state index in [4.69, 9.17) is 0 Å². The first-order valence-electron chi connectivity index (χ1n) is 10.0. The SMILES string of the molecule is CC(C)(C)CC(=O)N1CCN([C@@H](Cc2ccccc2)c2ccccc2)CC1. The maximum absolute atomic E-state index is 12.6. The van der Waals surface area contributed by atoms with E-state index in [9.17, 15) is 4.79 Å². The van der Waals surface area contributed by atoms with E-state index < -0.39 is 0 Å². The second-order valence-electron chi connectivity index (χ2n) is 8.77. The molecule has 2 aromatic rings. The third-order valence-electron chi connectivity index (χ3n) is 5.25. The zero-order valence-electron chi connectivity index (χ0n) is 16.9. The normalized spacial score (nSPS) is 16.9. The van der Waals surface area contributed by atoms with Crippen LogP contribution in [0.15, 0.2) is 60.7 Å². The molecule has 1 atom stereocenters. The maximum atomic E-state index is 12.6. The third-order valence-corrected chi connectivity index (χ3v) is 5.25. The second kappa shape index (κ2) is 8.71. The summed E-state index contributed by atoms with van der Waals surface area (Å²) < 4.78 is 0. The predicted molar refractivity (Wildman–Crippen MR) is 112 cm³/mol. The number of carbonyl (C=O) groups excluding carboxylic acids is 1. The van der Waals surface area contributed by atoms with Crippen molar-refractivity contribution in [1.29, 1.82) is 0 Å². The van der Waals surface area contributed by atoms with Gasteiger partial charge >= 0.3 is 0 Å². The average molecular weight is 365 g/mol. The standard InChI is InChI=1S/C24H32N2O/c1-24(2,3)19-23(27)26-16-14-25(15-17-26)22(21-12-8-5-9-13-21)18-20-10-6-4-7-11-20/h4-13,22H,14-19H2,1-3H3/t22-/m0/s1. The summed E-state index contributed by atoms with van der Waals surface area (Å²) in [7, 11) is 0. The molecule has 3 heteroatoms. The van der Waals surface area contributed by atoms with Gasteiger partial charge in [0.1, 0.15) is 0 Å². The lowest BCUT2D eigenvalue weighted by Crippen LogP contribution is -2.50. The smallest absolute Gasteiger partial charge is 0.223 e. The van der Waals surface area contributed by atoms with Crippen molar-refractivity contribution in [2.75, 3.05) is 26.2 Å². The van der Waals surface area contributed by atoms with Gasteiger partial charge in [0.15, 0.2) is 0 Å². The first-order valence-corrected chi connectivity index (χ1v) is 10.0. The highest BCUT2D eigenvalue weighted by Gasteiger charge is 2.28. The molecule has 1 amide bonds. The van der Waals surface area contributed by atoms with Crippen molar-refractivity contribution in [3.63, 3.8) is 0 Å². The Morgan fingerprint density at radius 3 is 2.00 bits per heavy atom. The van der Waals surface area contributed by atoms with Crippen molar-refractivity contribution in [3.05, 3.63) is 71.8 Å². The summed E-state index contributed by atoms with van der Waals surface area (Å²) in [4.78, 5) is 17.2. The molecule has 1 aliphatic rings. The van der Waals surface area contributed by atoms with E-state index >= 15 is 0 Å². The summed E-state index contributed by atoms with van der Waals surface area (Å²) in [6.07, 6.45) is 1.62. The van der Waals surface area contributed by atoms with Crippen LogP contribution < -0.4 is 0 Å². The molecule has 27 heavy (non-hydrogen) atoms. The van der Waals surface area contributed by atoms with Crippen LogP contribution in [0, 0.1) is 5.41 Å². The lowest BCUT2D eigenvalue weighted by molar-refractivity contribution is -0.135. The number of rotatable bonds is 5. The molecule has 3 nitrogen and oxygen atoms in total. The summed E-state index contributed by atoms with van der Waals surface area (Å²) in [6, 6.07) is 21.8. The fourth-order valence-electron chi connectivity index (χ4n) is 3.82. The Balaban J connectivity index is 1.68. The van der Waals surface area contributed by atoms with E-state index in [0.717, 1.165) is 32.6 Å². The van der Waals surface area contributed by atoms with Gasteiger partial charge in [-0.25, -0.2) is 0 Å². The highest BCUT2D eigenvalue weighted by atomic mass is 16.2. The Hall–Kier alpha value is -2.13. The van der Waals surface area contributed by atoms with Crippen LogP contribution in [0.5, 0.6) is 0 Å². The van der Waals surface area contributed by atoms with Crippen LogP contribution in [0.25, 0.3) is 0 Å². The van der Waals surface area contributed by atoms with Gasteiger partial charge in [-0.2, -0.15) is 0 Å². The first-order chi connectivity index (χ1) is 12.9. The number of benzene rings is 2. The van der Waals surface area contributed by atoms with Gasteiger partial charge in [-0.1, -0.05) is 81.4 Å². The molecule has 2 aromatic carbocycles. The lowest BCUT2D eigenvalue weighted by atomic mass is 9.91. The Morgan fingerprint density at radius 1 is 0.889 bits per heavy atom. The van der Waals surface area contributed by atoms with Gasteiger partial charge in [-0.3, -0.25) is 9.69 Å². The van der Waals surface area contributed by atoms with Gasteiger partial charge < -0.3 is 4.90 Å². The van der Waals surface area contributed by atoms with E-state index in [1.807, 2.05) is 4.90 Å². The molecule has 1 saturated heterocycles. The zero-order valence-corrected chi connectivity index (χ0v) is 16.9. The first kappa shape index (κ1) is 19.6. The van der Waals surface area contributed by atoms with Crippen molar-refractivity contribution in [1.82, 2.24) is 9.80 Å². The molecule has 0 saturated carbocycles. The fourth-order valence-corrected chi connectivity index (χ4v) is 3.82. The largest absolute Gasteiger partial charge is 0.340 e. The molecule has 0 unspecified atom stereocenters. The topological polar surface area (TPSA) is 23.6 Å². The van der Waals surface area contributed by atoms with Crippen molar-refractivity contribution in [3.8, 4) is 0 Å². The van der Waals surface area contributed by atoms with Gasteiger partial charge in [0.05, 0.1) is 0 Å². The molecule has 0 spiro atoms. The van der Waals surface area contributed by atoms with Crippen LogP contribution in [0.1, 0.15) is 44.4 Å². The molecule has 1 aliphatic heterocycles. The Kier molecular flexibility index (Phi) is 6.33. The van der Waals surface area contributed by atoms with Crippen LogP contribution in [0.3, 0.4) is 0 Å². The quantitative estimate of drug-likeness (QED) is 0.777. The third kappa shape index (κ3) is 5.67. The van der Waals surface area contributed by atoms with Crippen LogP contribution >= 0.6 is 0 Å². The van der Waals surface area contributed by atoms with Gasteiger partial charge in [0.25, 0.3) is 0 Å². The molecule has 3 rings (SSSR count). The molecule has 0 aliphatic carbocycles. The molecule has 1 heterocycles. The molecule has 0 aromatic heterocycles. The summed E-state index contributed by atoms with van der Waals surface area (Å²) >= 11 is 0. The minimum atomic E-state index is 0.0497. The number of carbonyl (C=O) groups is 1. The maximum Gasteiger partial charge on any atom is 0.223 e. The zero-order chi connectivity index (χ0) is 19.3. The average Bonchev–Trinajstić information content (AvgIpc) is 2.66. The Bertz CT molecular complexity index is 713. The van der Waals surface area contributed by atoms with E-state index in [1.54, 1.807) is 0 Å². The van der Waals surface area contributed by atoms with Crippen molar-refractivity contribution >= 4 is 5.91 Å². The molecular weight excluding hydrogens is 332 g/mol. The number of amides is 1. The number of hydrogen-bond acceptors (Lipinski definition) is 2. The number of piperazine rings is 1. The monoisotopic (exact) mass is 364 g/mol.